The average molecular weight is 355 g/mol. The summed E-state index contributed by atoms with van der Waals surface area (Å²) < 4.78 is 16.6. The molecule has 4 rings (SSSR count). The minimum Gasteiger partial charge on any atom is -0.342 e. The molecular formula is C21H26FN3O. The standard InChI is InChI=1S/C21H26FN3O/c1-20(2)14-21(20,16-6-4-5-7-17(16)22)19(26)25-11-8-15(9-12-25)18-23-10-13-24(18)3/h4-7,10,13,15H,8-9,11-12,14H2,1-3H3. The number of hydrogen-bond acceptors (Lipinski definition) is 2. The van der Waals surface area contributed by atoms with Crippen LogP contribution >= 0.6 is 0 Å². The third-order valence-electron chi connectivity index (χ3n) is 6.44. The van der Waals surface area contributed by atoms with Gasteiger partial charge in [0, 0.05) is 44.0 Å². The first-order valence-corrected chi connectivity index (χ1v) is 9.38. The highest BCUT2D eigenvalue weighted by atomic mass is 19.1. The summed E-state index contributed by atoms with van der Waals surface area (Å²) in [5, 5.41) is 0. The number of likely N-dealkylation sites (tertiary alicyclic amines) is 1. The van der Waals surface area contributed by atoms with E-state index in [2.05, 4.69) is 23.4 Å². The topological polar surface area (TPSA) is 38.1 Å². The molecule has 0 N–H and O–H groups in total. The first-order chi connectivity index (χ1) is 12.4. The van der Waals surface area contributed by atoms with Gasteiger partial charge in [0.15, 0.2) is 0 Å². The van der Waals surface area contributed by atoms with E-state index < -0.39 is 5.41 Å². The fraction of sp³-hybridized carbons (Fsp3) is 0.524. The lowest BCUT2D eigenvalue weighted by atomic mass is 9.85. The van der Waals surface area contributed by atoms with E-state index in [-0.39, 0.29) is 17.1 Å². The molecule has 0 spiro atoms. The van der Waals surface area contributed by atoms with E-state index in [4.69, 9.17) is 0 Å². The van der Waals surface area contributed by atoms with E-state index in [1.165, 1.54) is 6.07 Å². The van der Waals surface area contributed by atoms with Crippen molar-refractivity contribution in [2.24, 2.45) is 12.5 Å². The molecule has 0 radical (unpaired) electrons. The summed E-state index contributed by atoms with van der Waals surface area (Å²) in [5.74, 6) is 1.29. The van der Waals surface area contributed by atoms with Crippen molar-refractivity contribution in [1.82, 2.24) is 14.5 Å². The molecule has 1 atom stereocenters. The van der Waals surface area contributed by atoms with E-state index >= 15 is 0 Å². The molecule has 1 aliphatic carbocycles. The number of rotatable bonds is 3. The van der Waals surface area contributed by atoms with Crippen LogP contribution in [0.1, 0.15) is 50.4 Å². The fourth-order valence-corrected chi connectivity index (χ4v) is 4.75. The molecule has 2 aliphatic rings. The Morgan fingerprint density at radius 3 is 2.42 bits per heavy atom. The highest BCUT2D eigenvalue weighted by molar-refractivity contribution is 5.93. The Balaban J connectivity index is 1.54. The van der Waals surface area contributed by atoms with Crippen molar-refractivity contribution in [2.75, 3.05) is 13.1 Å². The second-order valence-corrected chi connectivity index (χ2v) is 8.41. The molecular weight excluding hydrogens is 329 g/mol. The van der Waals surface area contributed by atoms with Gasteiger partial charge in [0.1, 0.15) is 11.6 Å². The van der Waals surface area contributed by atoms with Gasteiger partial charge in [-0.05, 0) is 30.7 Å². The molecule has 2 fully saturated rings. The van der Waals surface area contributed by atoms with Crippen molar-refractivity contribution >= 4 is 5.91 Å². The highest BCUT2D eigenvalue weighted by Crippen LogP contribution is 2.65. The quantitative estimate of drug-likeness (QED) is 0.843. The van der Waals surface area contributed by atoms with E-state index in [0.717, 1.165) is 18.7 Å². The number of nitrogens with zero attached hydrogens (tertiary/aromatic N) is 3. The third kappa shape index (κ3) is 2.48. The summed E-state index contributed by atoms with van der Waals surface area (Å²) in [6.45, 7) is 5.56. The number of carbonyl (C=O) groups excluding carboxylic acids is 1. The molecule has 1 saturated heterocycles. The number of aryl methyl sites for hydroxylation is 1. The molecule has 5 heteroatoms. The fourth-order valence-electron chi connectivity index (χ4n) is 4.75. The summed E-state index contributed by atoms with van der Waals surface area (Å²) in [5.41, 5.74) is -0.363. The van der Waals surface area contributed by atoms with Crippen LogP contribution in [0.4, 0.5) is 4.39 Å². The van der Waals surface area contributed by atoms with Gasteiger partial charge in [0.2, 0.25) is 5.91 Å². The van der Waals surface area contributed by atoms with E-state index in [1.54, 1.807) is 12.1 Å². The van der Waals surface area contributed by atoms with Gasteiger partial charge in [0.25, 0.3) is 0 Å². The van der Waals surface area contributed by atoms with Crippen molar-refractivity contribution in [3.63, 3.8) is 0 Å². The second-order valence-electron chi connectivity index (χ2n) is 8.41. The van der Waals surface area contributed by atoms with Crippen LogP contribution in [-0.2, 0) is 17.3 Å². The molecule has 1 aromatic heterocycles. The molecule has 138 valence electrons. The third-order valence-corrected chi connectivity index (χ3v) is 6.44. The minimum absolute atomic E-state index is 0.0888. The average Bonchev–Trinajstić information content (AvgIpc) is 2.97. The number of piperidine rings is 1. The van der Waals surface area contributed by atoms with Gasteiger partial charge in [-0.2, -0.15) is 0 Å². The van der Waals surface area contributed by atoms with Gasteiger partial charge in [-0.3, -0.25) is 4.79 Å². The predicted octanol–water partition coefficient (Wildman–Crippen LogP) is 3.63. The predicted molar refractivity (Wildman–Crippen MR) is 98.2 cm³/mol. The molecule has 4 nitrogen and oxygen atoms in total. The molecule has 1 unspecified atom stereocenters. The molecule has 2 heterocycles. The maximum absolute atomic E-state index is 14.5. The summed E-state index contributed by atoms with van der Waals surface area (Å²) in [4.78, 5) is 19.9. The summed E-state index contributed by atoms with van der Waals surface area (Å²) in [7, 11) is 2.01. The number of aromatic nitrogens is 2. The van der Waals surface area contributed by atoms with Crippen molar-refractivity contribution in [3.05, 3.63) is 53.9 Å². The lowest BCUT2D eigenvalue weighted by Gasteiger charge is -2.35. The summed E-state index contributed by atoms with van der Waals surface area (Å²) >= 11 is 0. The Morgan fingerprint density at radius 1 is 1.23 bits per heavy atom. The van der Waals surface area contributed by atoms with Gasteiger partial charge in [-0.25, -0.2) is 9.37 Å². The number of amides is 1. The first-order valence-electron chi connectivity index (χ1n) is 9.38. The minimum atomic E-state index is -0.714. The lowest BCUT2D eigenvalue weighted by molar-refractivity contribution is -0.136. The van der Waals surface area contributed by atoms with Crippen LogP contribution in [0.5, 0.6) is 0 Å². The van der Waals surface area contributed by atoms with Crippen LogP contribution in [0.25, 0.3) is 0 Å². The Bertz CT molecular complexity index is 835. The van der Waals surface area contributed by atoms with Crippen molar-refractivity contribution in [1.29, 1.82) is 0 Å². The largest absolute Gasteiger partial charge is 0.342 e. The second kappa shape index (κ2) is 5.93. The van der Waals surface area contributed by atoms with Crippen LogP contribution in [0, 0.1) is 11.2 Å². The van der Waals surface area contributed by atoms with Gasteiger partial charge >= 0.3 is 0 Å². The van der Waals surface area contributed by atoms with Crippen LogP contribution in [0.3, 0.4) is 0 Å². The van der Waals surface area contributed by atoms with Crippen molar-refractivity contribution < 1.29 is 9.18 Å². The highest BCUT2D eigenvalue weighted by Gasteiger charge is 2.68. The number of benzene rings is 1. The van der Waals surface area contributed by atoms with Gasteiger partial charge in [-0.15, -0.1) is 0 Å². The van der Waals surface area contributed by atoms with Gasteiger partial charge in [0.05, 0.1) is 5.41 Å². The zero-order valence-electron chi connectivity index (χ0n) is 15.7. The van der Waals surface area contributed by atoms with Gasteiger partial charge in [-0.1, -0.05) is 32.0 Å². The van der Waals surface area contributed by atoms with Crippen molar-refractivity contribution in [3.8, 4) is 0 Å². The molecule has 26 heavy (non-hydrogen) atoms. The number of halogens is 1. The number of hydrogen-bond donors (Lipinski definition) is 0. The molecule has 2 aromatic rings. The summed E-state index contributed by atoms with van der Waals surface area (Å²) in [6.07, 6.45) is 6.31. The van der Waals surface area contributed by atoms with Crippen LogP contribution in [0.2, 0.25) is 0 Å². The zero-order chi connectivity index (χ0) is 18.5. The molecule has 1 aliphatic heterocycles. The maximum Gasteiger partial charge on any atom is 0.233 e. The number of imidazole rings is 1. The molecule has 1 saturated carbocycles. The molecule has 0 bridgehead atoms. The number of carbonyl (C=O) groups is 1. The van der Waals surface area contributed by atoms with E-state index in [1.807, 2.05) is 30.4 Å². The van der Waals surface area contributed by atoms with E-state index in [9.17, 15) is 9.18 Å². The SMILES string of the molecule is Cn1ccnc1C1CCN(C(=O)C2(c3ccccc3F)CC2(C)C)CC1. The zero-order valence-corrected chi connectivity index (χ0v) is 15.7. The maximum atomic E-state index is 14.5. The molecule has 1 amide bonds. The van der Waals surface area contributed by atoms with Crippen molar-refractivity contribution in [2.45, 2.75) is 44.4 Å². The lowest BCUT2D eigenvalue weighted by Crippen LogP contribution is -2.45. The normalized spacial score (nSPS) is 25.3. The van der Waals surface area contributed by atoms with E-state index in [0.29, 0.717) is 31.0 Å². The van der Waals surface area contributed by atoms with Gasteiger partial charge < -0.3 is 9.47 Å². The molecule has 1 aromatic carbocycles. The Labute approximate surface area is 154 Å². The summed E-state index contributed by atoms with van der Waals surface area (Å²) in [6, 6.07) is 6.76. The van der Waals surface area contributed by atoms with Crippen LogP contribution in [-0.4, -0.2) is 33.4 Å². The monoisotopic (exact) mass is 355 g/mol. The first kappa shape index (κ1) is 17.3. The van der Waals surface area contributed by atoms with Crippen LogP contribution < -0.4 is 0 Å². The smallest absolute Gasteiger partial charge is 0.233 e. The van der Waals surface area contributed by atoms with Crippen LogP contribution in [0.15, 0.2) is 36.7 Å². The Morgan fingerprint density at radius 2 is 1.88 bits per heavy atom. The Hall–Kier alpha value is -2.17. The Kier molecular flexibility index (Phi) is 3.94.